The van der Waals surface area contributed by atoms with E-state index in [-0.39, 0.29) is 13.0 Å². The molecule has 0 aliphatic carbocycles. The van der Waals surface area contributed by atoms with E-state index in [0.717, 1.165) is 16.5 Å². The predicted molar refractivity (Wildman–Crippen MR) is 67.7 cm³/mol. The van der Waals surface area contributed by atoms with Crippen molar-refractivity contribution in [2.75, 3.05) is 11.9 Å². The van der Waals surface area contributed by atoms with Crippen molar-refractivity contribution >= 4 is 16.5 Å². The summed E-state index contributed by atoms with van der Waals surface area (Å²) in [6.45, 7) is 1.17. The largest absolute Gasteiger partial charge is 0.379 e. The van der Waals surface area contributed by atoms with E-state index >= 15 is 0 Å². The topological polar surface area (TPSA) is 12.0 Å². The molecular weight excluding hydrogens is 220 g/mol. The van der Waals surface area contributed by atoms with Crippen molar-refractivity contribution < 1.29 is 8.78 Å². The van der Waals surface area contributed by atoms with Crippen LogP contribution in [0.4, 0.5) is 14.5 Å². The van der Waals surface area contributed by atoms with Crippen molar-refractivity contribution in [2.45, 2.75) is 19.3 Å². The first-order valence-corrected chi connectivity index (χ1v) is 5.71. The molecule has 0 bridgehead atoms. The van der Waals surface area contributed by atoms with E-state index < -0.39 is 5.92 Å². The van der Waals surface area contributed by atoms with Crippen molar-refractivity contribution in [2.24, 2.45) is 0 Å². The van der Waals surface area contributed by atoms with Gasteiger partial charge >= 0.3 is 0 Å². The van der Waals surface area contributed by atoms with Crippen LogP contribution in [0.25, 0.3) is 10.8 Å². The van der Waals surface area contributed by atoms with Crippen molar-refractivity contribution in [3.05, 3.63) is 42.5 Å². The van der Waals surface area contributed by atoms with Gasteiger partial charge in [-0.15, -0.1) is 0 Å². The quantitative estimate of drug-likeness (QED) is 0.833. The van der Waals surface area contributed by atoms with Gasteiger partial charge in [0.15, 0.2) is 0 Å². The van der Waals surface area contributed by atoms with Crippen LogP contribution >= 0.6 is 0 Å². The summed E-state index contributed by atoms with van der Waals surface area (Å²) in [6, 6.07) is 13.5. The summed E-state index contributed by atoms with van der Waals surface area (Å²) in [5.74, 6) is -2.65. The molecule has 0 aromatic heterocycles. The molecule has 0 amide bonds. The Hall–Kier alpha value is -1.64. The Kier molecular flexibility index (Phi) is 3.27. The van der Waals surface area contributed by atoms with E-state index in [2.05, 4.69) is 5.32 Å². The summed E-state index contributed by atoms with van der Waals surface area (Å²) < 4.78 is 26.2. The fourth-order valence-corrected chi connectivity index (χ4v) is 1.66. The minimum absolute atomic E-state index is 0.145. The summed E-state index contributed by atoms with van der Waals surface area (Å²) in [6.07, 6.45) is -0.145. The highest BCUT2D eigenvalue weighted by Gasteiger charge is 2.25. The first-order valence-electron chi connectivity index (χ1n) is 5.71. The Morgan fingerprint density at radius 1 is 1.06 bits per heavy atom. The van der Waals surface area contributed by atoms with Crippen LogP contribution < -0.4 is 5.32 Å². The SMILES string of the molecule is CCC(F)(F)CNc1ccc2ccccc2c1. The normalized spacial score (nSPS) is 11.7. The highest BCUT2D eigenvalue weighted by Crippen LogP contribution is 2.22. The van der Waals surface area contributed by atoms with Gasteiger partial charge in [0.25, 0.3) is 5.92 Å². The lowest BCUT2D eigenvalue weighted by Gasteiger charge is -2.15. The lowest BCUT2D eigenvalue weighted by Crippen LogP contribution is -2.25. The van der Waals surface area contributed by atoms with Gasteiger partial charge in [0.05, 0.1) is 6.54 Å². The lowest BCUT2D eigenvalue weighted by molar-refractivity contribution is 0.0116. The predicted octanol–water partition coefficient (Wildman–Crippen LogP) is 4.30. The first kappa shape index (κ1) is 11.8. The summed E-state index contributed by atoms with van der Waals surface area (Å²) >= 11 is 0. The molecule has 0 saturated heterocycles. The molecule has 0 radical (unpaired) electrons. The fourth-order valence-electron chi connectivity index (χ4n) is 1.66. The number of benzene rings is 2. The zero-order chi connectivity index (χ0) is 12.3. The Balaban J connectivity index is 2.14. The number of alkyl halides is 2. The average molecular weight is 235 g/mol. The molecule has 0 aliphatic rings. The molecule has 2 rings (SSSR count). The van der Waals surface area contributed by atoms with Crippen LogP contribution in [0.5, 0.6) is 0 Å². The second kappa shape index (κ2) is 4.70. The van der Waals surface area contributed by atoms with Gasteiger partial charge in [-0.3, -0.25) is 0 Å². The third kappa shape index (κ3) is 2.93. The van der Waals surface area contributed by atoms with Crippen LogP contribution in [0, 0.1) is 0 Å². The second-order valence-corrected chi connectivity index (χ2v) is 4.12. The van der Waals surface area contributed by atoms with Crippen molar-refractivity contribution in [3.8, 4) is 0 Å². The molecule has 3 heteroatoms. The van der Waals surface area contributed by atoms with Crippen LogP contribution in [-0.4, -0.2) is 12.5 Å². The van der Waals surface area contributed by atoms with Gasteiger partial charge in [0.1, 0.15) is 0 Å². The average Bonchev–Trinajstić information content (AvgIpc) is 2.36. The maximum Gasteiger partial charge on any atom is 0.264 e. The third-order valence-electron chi connectivity index (χ3n) is 2.82. The molecule has 0 heterocycles. The molecule has 2 aromatic rings. The molecule has 17 heavy (non-hydrogen) atoms. The van der Waals surface area contributed by atoms with E-state index in [1.54, 1.807) is 0 Å². The number of rotatable bonds is 4. The third-order valence-corrected chi connectivity index (χ3v) is 2.82. The summed E-state index contributed by atoms with van der Waals surface area (Å²) in [5.41, 5.74) is 0.733. The summed E-state index contributed by atoms with van der Waals surface area (Å²) in [7, 11) is 0. The Morgan fingerprint density at radius 3 is 2.47 bits per heavy atom. The molecule has 90 valence electrons. The second-order valence-electron chi connectivity index (χ2n) is 4.12. The van der Waals surface area contributed by atoms with E-state index in [1.165, 1.54) is 6.92 Å². The lowest BCUT2D eigenvalue weighted by atomic mass is 10.1. The van der Waals surface area contributed by atoms with E-state index in [9.17, 15) is 8.78 Å². The highest BCUT2D eigenvalue weighted by atomic mass is 19.3. The minimum atomic E-state index is -2.65. The Morgan fingerprint density at radius 2 is 1.76 bits per heavy atom. The van der Waals surface area contributed by atoms with Crippen LogP contribution in [0.1, 0.15) is 13.3 Å². The molecule has 0 saturated carbocycles. The number of anilines is 1. The first-order chi connectivity index (χ1) is 8.11. The molecule has 2 aromatic carbocycles. The van der Waals surface area contributed by atoms with Gasteiger partial charge in [-0.1, -0.05) is 37.3 Å². The standard InChI is InChI=1S/C14H15F2N/c1-2-14(15,16)10-17-13-8-7-11-5-3-4-6-12(11)9-13/h3-9,17H,2,10H2,1H3. The molecular formula is C14H15F2N. The van der Waals surface area contributed by atoms with Crippen molar-refractivity contribution in [3.63, 3.8) is 0 Å². The van der Waals surface area contributed by atoms with Crippen molar-refractivity contribution in [1.29, 1.82) is 0 Å². The van der Waals surface area contributed by atoms with E-state index in [4.69, 9.17) is 0 Å². The van der Waals surface area contributed by atoms with Crippen LogP contribution in [0.3, 0.4) is 0 Å². The number of fused-ring (bicyclic) bond motifs is 1. The van der Waals surface area contributed by atoms with Crippen LogP contribution in [0.15, 0.2) is 42.5 Å². The van der Waals surface area contributed by atoms with E-state index in [0.29, 0.717) is 0 Å². The minimum Gasteiger partial charge on any atom is -0.379 e. The molecule has 1 nitrogen and oxygen atoms in total. The number of hydrogen-bond acceptors (Lipinski definition) is 1. The summed E-state index contributed by atoms with van der Waals surface area (Å²) in [5, 5.41) is 4.94. The number of hydrogen-bond donors (Lipinski definition) is 1. The Labute approximate surface area is 99.5 Å². The van der Waals surface area contributed by atoms with Crippen LogP contribution in [0.2, 0.25) is 0 Å². The van der Waals surface area contributed by atoms with E-state index in [1.807, 2.05) is 42.5 Å². The molecule has 1 N–H and O–H groups in total. The molecule has 0 spiro atoms. The van der Waals surface area contributed by atoms with Gasteiger partial charge in [-0.05, 0) is 22.9 Å². The smallest absolute Gasteiger partial charge is 0.264 e. The van der Waals surface area contributed by atoms with Crippen molar-refractivity contribution in [1.82, 2.24) is 0 Å². The molecule has 0 fully saturated rings. The maximum atomic E-state index is 13.1. The van der Waals surface area contributed by atoms with Gasteiger partial charge in [0.2, 0.25) is 0 Å². The Bertz CT molecular complexity index is 508. The summed E-state index contributed by atoms with van der Waals surface area (Å²) in [4.78, 5) is 0. The van der Waals surface area contributed by atoms with Gasteiger partial charge < -0.3 is 5.32 Å². The zero-order valence-corrected chi connectivity index (χ0v) is 9.71. The molecule has 0 unspecified atom stereocenters. The maximum absolute atomic E-state index is 13.1. The van der Waals surface area contributed by atoms with Crippen LogP contribution in [-0.2, 0) is 0 Å². The molecule has 0 aliphatic heterocycles. The highest BCUT2D eigenvalue weighted by molar-refractivity contribution is 5.85. The van der Waals surface area contributed by atoms with Gasteiger partial charge in [0, 0.05) is 12.1 Å². The van der Waals surface area contributed by atoms with Gasteiger partial charge in [-0.25, -0.2) is 8.78 Å². The fraction of sp³-hybridized carbons (Fsp3) is 0.286. The zero-order valence-electron chi connectivity index (χ0n) is 9.71. The molecule has 0 atom stereocenters. The monoisotopic (exact) mass is 235 g/mol. The van der Waals surface area contributed by atoms with Gasteiger partial charge in [-0.2, -0.15) is 0 Å². The number of halogens is 2. The number of nitrogens with one attached hydrogen (secondary N) is 1.